The Kier molecular flexibility index (Phi) is 5.84. The second-order valence-corrected chi connectivity index (χ2v) is 6.01. The predicted octanol–water partition coefficient (Wildman–Crippen LogP) is 4.20. The molecule has 0 radical (unpaired) electrons. The molecule has 118 valence electrons. The van der Waals surface area contributed by atoms with Crippen LogP contribution >= 0.6 is 0 Å². The molecule has 0 aromatic heterocycles. The molecule has 0 unspecified atom stereocenters. The summed E-state index contributed by atoms with van der Waals surface area (Å²) < 4.78 is 11.5. The van der Waals surface area contributed by atoms with Crippen LogP contribution in [0.1, 0.15) is 32.3 Å². The van der Waals surface area contributed by atoms with Gasteiger partial charge in [-0.1, -0.05) is 36.4 Å². The Balaban J connectivity index is 1.80. The first-order chi connectivity index (χ1) is 10.5. The van der Waals surface area contributed by atoms with E-state index in [2.05, 4.69) is 0 Å². The van der Waals surface area contributed by atoms with E-state index in [1.54, 1.807) is 0 Å². The summed E-state index contributed by atoms with van der Waals surface area (Å²) in [5, 5.41) is 9.66. The highest BCUT2D eigenvalue weighted by Crippen LogP contribution is 2.21. The fraction of sp³-hybridized carbons (Fsp3) is 0.368. The molecule has 0 spiro atoms. The summed E-state index contributed by atoms with van der Waals surface area (Å²) in [6.45, 7) is 4.76. The van der Waals surface area contributed by atoms with Crippen molar-refractivity contribution in [1.29, 1.82) is 0 Å². The molecule has 22 heavy (non-hydrogen) atoms. The molecule has 0 fully saturated rings. The maximum absolute atomic E-state index is 9.66. The lowest BCUT2D eigenvalue weighted by atomic mass is 10.0. The van der Waals surface area contributed by atoms with Crippen molar-refractivity contribution in [2.45, 2.75) is 38.9 Å². The zero-order valence-electron chi connectivity index (χ0n) is 13.3. The molecule has 3 nitrogen and oxygen atoms in total. The van der Waals surface area contributed by atoms with E-state index in [9.17, 15) is 5.11 Å². The van der Waals surface area contributed by atoms with Crippen LogP contribution in [-0.4, -0.2) is 17.3 Å². The lowest BCUT2D eigenvalue weighted by Crippen LogP contribution is -2.19. The van der Waals surface area contributed by atoms with Crippen LogP contribution in [0.3, 0.4) is 0 Å². The van der Waals surface area contributed by atoms with Crippen molar-refractivity contribution in [2.75, 3.05) is 6.61 Å². The smallest absolute Gasteiger partial charge is 0.123 e. The van der Waals surface area contributed by atoms with E-state index in [1.807, 2.05) is 68.4 Å². The fourth-order valence-corrected chi connectivity index (χ4v) is 2.09. The van der Waals surface area contributed by atoms with Crippen molar-refractivity contribution in [3.8, 4) is 11.5 Å². The Morgan fingerprint density at radius 3 is 2.27 bits per heavy atom. The van der Waals surface area contributed by atoms with Crippen LogP contribution in [0.5, 0.6) is 11.5 Å². The highest BCUT2D eigenvalue weighted by molar-refractivity contribution is 5.33. The molecule has 0 amide bonds. The minimum Gasteiger partial charge on any atom is -0.493 e. The molecule has 2 rings (SSSR count). The lowest BCUT2D eigenvalue weighted by molar-refractivity contribution is 0.0641. The molecule has 0 bridgehead atoms. The first-order valence-corrected chi connectivity index (χ1v) is 7.65. The monoisotopic (exact) mass is 300 g/mol. The van der Waals surface area contributed by atoms with Crippen molar-refractivity contribution >= 4 is 0 Å². The summed E-state index contributed by atoms with van der Waals surface area (Å²) in [7, 11) is 0. The summed E-state index contributed by atoms with van der Waals surface area (Å²) in [6, 6.07) is 17.7. The molecule has 3 heteroatoms. The average molecular weight is 300 g/mol. The average Bonchev–Trinajstić information content (AvgIpc) is 2.50. The fourth-order valence-electron chi connectivity index (χ4n) is 2.09. The molecule has 2 aromatic carbocycles. The minimum absolute atomic E-state index is 0.545. The Labute approximate surface area is 132 Å². The van der Waals surface area contributed by atoms with E-state index in [1.165, 1.54) is 0 Å². The van der Waals surface area contributed by atoms with E-state index in [0.717, 1.165) is 29.9 Å². The first kappa shape index (κ1) is 16.4. The van der Waals surface area contributed by atoms with Crippen LogP contribution in [-0.2, 0) is 6.61 Å². The standard InChI is InChI=1S/C19H24O3/c1-19(2,20)12-7-13-21-17-10-6-11-18(14-17)22-15-16-8-4-3-5-9-16/h3-6,8-11,14,20H,7,12-13,15H2,1-2H3. The van der Waals surface area contributed by atoms with Gasteiger partial charge in [-0.05, 0) is 44.4 Å². The molecule has 1 N–H and O–H groups in total. The van der Waals surface area contributed by atoms with Gasteiger partial charge in [-0.25, -0.2) is 0 Å². The quantitative estimate of drug-likeness (QED) is 0.743. The van der Waals surface area contributed by atoms with Crippen LogP contribution < -0.4 is 9.47 Å². The summed E-state index contributed by atoms with van der Waals surface area (Å²) in [5.41, 5.74) is 0.503. The lowest BCUT2D eigenvalue weighted by Gasteiger charge is -2.16. The zero-order valence-corrected chi connectivity index (χ0v) is 13.3. The third-order valence-electron chi connectivity index (χ3n) is 3.26. The van der Waals surface area contributed by atoms with Gasteiger partial charge in [0.25, 0.3) is 0 Å². The van der Waals surface area contributed by atoms with Crippen molar-refractivity contribution in [3.05, 3.63) is 60.2 Å². The summed E-state index contributed by atoms with van der Waals surface area (Å²) in [4.78, 5) is 0. The van der Waals surface area contributed by atoms with E-state index in [-0.39, 0.29) is 0 Å². The third kappa shape index (κ3) is 6.19. The van der Waals surface area contributed by atoms with Crippen LogP contribution in [0, 0.1) is 0 Å². The molecule has 0 aliphatic rings. The van der Waals surface area contributed by atoms with Gasteiger partial charge in [0, 0.05) is 6.07 Å². The van der Waals surface area contributed by atoms with Crippen molar-refractivity contribution in [2.24, 2.45) is 0 Å². The van der Waals surface area contributed by atoms with Crippen LogP contribution in [0.2, 0.25) is 0 Å². The van der Waals surface area contributed by atoms with Gasteiger partial charge >= 0.3 is 0 Å². The summed E-state index contributed by atoms with van der Waals surface area (Å²) in [6.07, 6.45) is 1.54. The number of hydrogen-bond acceptors (Lipinski definition) is 3. The van der Waals surface area contributed by atoms with Crippen LogP contribution in [0.4, 0.5) is 0 Å². The number of hydrogen-bond donors (Lipinski definition) is 1. The Bertz CT molecular complexity index is 558. The van der Waals surface area contributed by atoms with Crippen LogP contribution in [0.15, 0.2) is 54.6 Å². The first-order valence-electron chi connectivity index (χ1n) is 7.65. The molecule has 0 atom stereocenters. The van der Waals surface area contributed by atoms with E-state index >= 15 is 0 Å². The highest BCUT2D eigenvalue weighted by Gasteiger charge is 2.11. The highest BCUT2D eigenvalue weighted by atomic mass is 16.5. The number of rotatable bonds is 8. The van der Waals surface area contributed by atoms with E-state index in [4.69, 9.17) is 9.47 Å². The van der Waals surface area contributed by atoms with Gasteiger partial charge in [-0.15, -0.1) is 0 Å². The molecular formula is C19H24O3. The van der Waals surface area contributed by atoms with Gasteiger partial charge in [0.2, 0.25) is 0 Å². The SMILES string of the molecule is CC(C)(O)CCCOc1cccc(OCc2ccccc2)c1. The topological polar surface area (TPSA) is 38.7 Å². The van der Waals surface area contributed by atoms with Crippen molar-refractivity contribution in [1.82, 2.24) is 0 Å². The van der Waals surface area contributed by atoms with Gasteiger partial charge in [-0.2, -0.15) is 0 Å². The second-order valence-electron chi connectivity index (χ2n) is 6.01. The van der Waals surface area contributed by atoms with Gasteiger partial charge in [0.1, 0.15) is 18.1 Å². The molecular weight excluding hydrogens is 276 g/mol. The summed E-state index contributed by atoms with van der Waals surface area (Å²) >= 11 is 0. The minimum atomic E-state index is -0.635. The van der Waals surface area contributed by atoms with Gasteiger partial charge in [-0.3, -0.25) is 0 Å². The predicted molar refractivity (Wildman–Crippen MR) is 88.2 cm³/mol. The maximum Gasteiger partial charge on any atom is 0.123 e. The molecule has 0 aliphatic carbocycles. The normalized spacial score (nSPS) is 11.2. The van der Waals surface area contributed by atoms with E-state index < -0.39 is 5.60 Å². The molecule has 2 aromatic rings. The largest absolute Gasteiger partial charge is 0.493 e. The zero-order chi connectivity index (χ0) is 15.8. The van der Waals surface area contributed by atoms with Gasteiger partial charge in [0.05, 0.1) is 12.2 Å². The molecule has 0 aliphatic heterocycles. The van der Waals surface area contributed by atoms with Gasteiger partial charge < -0.3 is 14.6 Å². The maximum atomic E-state index is 9.66. The molecule has 0 saturated carbocycles. The second kappa shape index (κ2) is 7.85. The van der Waals surface area contributed by atoms with Crippen molar-refractivity contribution < 1.29 is 14.6 Å². The summed E-state index contributed by atoms with van der Waals surface area (Å²) in [5.74, 6) is 1.59. The van der Waals surface area contributed by atoms with Crippen molar-refractivity contribution in [3.63, 3.8) is 0 Å². The van der Waals surface area contributed by atoms with Gasteiger partial charge in [0.15, 0.2) is 0 Å². The number of aliphatic hydroxyl groups is 1. The molecule has 0 saturated heterocycles. The Morgan fingerprint density at radius 1 is 0.909 bits per heavy atom. The third-order valence-corrected chi connectivity index (χ3v) is 3.26. The Morgan fingerprint density at radius 2 is 1.59 bits per heavy atom. The van der Waals surface area contributed by atoms with E-state index in [0.29, 0.717) is 13.2 Å². The van der Waals surface area contributed by atoms with Crippen LogP contribution in [0.25, 0.3) is 0 Å². The number of benzene rings is 2. The molecule has 0 heterocycles. The Hall–Kier alpha value is -2.00. The number of ether oxygens (including phenoxy) is 2.